The predicted molar refractivity (Wildman–Crippen MR) is 35.9 cm³/mol. The van der Waals surface area contributed by atoms with Crippen LogP contribution in [0.15, 0.2) is 5.16 Å². The predicted octanol–water partition coefficient (Wildman–Crippen LogP) is 0.468. The van der Waals surface area contributed by atoms with E-state index in [1.54, 1.807) is 0 Å². The minimum atomic E-state index is -1.03. The Labute approximate surface area is 60.6 Å². The summed E-state index contributed by atoms with van der Waals surface area (Å²) < 4.78 is 0. The molecule has 5 heteroatoms. The van der Waals surface area contributed by atoms with Crippen LogP contribution in [0, 0.1) is 0 Å². The number of halogens is 1. The molecule has 0 atom stereocenters. The van der Waals surface area contributed by atoms with Gasteiger partial charge in [0.05, 0.1) is 6.21 Å². The molecule has 0 aliphatic rings. The first-order valence-corrected chi connectivity index (χ1v) is 3.31. The van der Waals surface area contributed by atoms with Gasteiger partial charge in [-0.1, -0.05) is 21.1 Å². The molecule has 0 saturated carbocycles. The van der Waals surface area contributed by atoms with Crippen LogP contribution in [0.4, 0.5) is 0 Å². The first-order valence-electron chi connectivity index (χ1n) is 2.19. The van der Waals surface area contributed by atoms with Gasteiger partial charge in [0, 0.05) is 5.33 Å². The molecule has 0 amide bonds. The van der Waals surface area contributed by atoms with Crippen molar-refractivity contribution in [3.63, 3.8) is 0 Å². The normalized spacial score (nSPS) is 9.89. The highest BCUT2D eigenvalue weighted by Crippen LogP contribution is 1.77. The standard InChI is InChI=1S/C4H6BrNO3/c5-1-2-6-9-3-4(7)8/h2H,1,3H2,(H,7,8). The molecule has 0 aliphatic carbocycles. The zero-order chi connectivity index (χ0) is 7.11. The average Bonchev–Trinajstić information content (AvgIpc) is 1.80. The highest BCUT2D eigenvalue weighted by Gasteiger charge is 1.91. The molecule has 0 aromatic carbocycles. The number of hydrogen-bond donors (Lipinski definition) is 1. The third-order valence-electron chi connectivity index (χ3n) is 0.406. The van der Waals surface area contributed by atoms with Crippen LogP contribution in [0.1, 0.15) is 0 Å². The number of carbonyl (C=O) groups is 1. The third-order valence-corrected chi connectivity index (χ3v) is 0.696. The average molecular weight is 196 g/mol. The van der Waals surface area contributed by atoms with Crippen LogP contribution in [0.25, 0.3) is 0 Å². The van der Waals surface area contributed by atoms with Crippen LogP contribution in [-0.2, 0) is 9.63 Å². The summed E-state index contributed by atoms with van der Waals surface area (Å²) in [5.74, 6) is -1.03. The Hall–Kier alpha value is -0.580. The Morgan fingerprint density at radius 1 is 1.89 bits per heavy atom. The van der Waals surface area contributed by atoms with E-state index in [1.165, 1.54) is 6.21 Å². The summed E-state index contributed by atoms with van der Waals surface area (Å²) in [5.41, 5.74) is 0. The molecule has 0 rings (SSSR count). The molecule has 0 fully saturated rings. The molecule has 1 N–H and O–H groups in total. The van der Waals surface area contributed by atoms with Gasteiger partial charge in [-0.15, -0.1) is 0 Å². The molecule has 0 radical (unpaired) electrons. The molecule has 0 aromatic heterocycles. The lowest BCUT2D eigenvalue weighted by Crippen LogP contribution is -2.03. The molecule has 0 unspecified atom stereocenters. The summed E-state index contributed by atoms with van der Waals surface area (Å²) in [5, 5.41) is 11.8. The van der Waals surface area contributed by atoms with Crippen LogP contribution >= 0.6 is 15.9 Å². The zero-order valence-electron chi connectivity index (χ0n) is 4.58. The fourth-order valence-electron chi connectivity index (χ4n) is 0.173. The Balaban J connectivity index is 3.09. The van der Waals surface area contributed by atoms with Gasteiger partial charge in [-0.3, -0.25) is 0 Å². The Morgan fingerprint density at radius 2 is 2.56 bits per heavy atom. The third kappa shape index (κ3) is 7.42. The van der Waals surface area contributed by atoms with Crippen molar-refractivity contribution in [2.75, 3.05) is 11.9 Å². The zero-order valence-corrected chi connectivity index (χ0v) is 6.17. The van der Waals surface area contributed by atoms with Gasteiger partial charge in [-0.05, 0) is 0 Å². The largest absolute Gasteiger partial charge is 0.479 e. The smallest absolute Gasteiger partial charge is 0.344 e. The van der Waals surface area contributed by atoms with Crippen molar-refractivity contribution in [1.29, 1.82) is 0 Å². The molecule has 0 bridgehead atoms. The number of aliphatic carboxylic acids is 1. The molecule has 4 nitrogen and oxygen atoms in total. The number of oxime groups is 1. The van der Waals surface area contributed by atoms with Crippen molar-refractivity contribution in [3.8, 4) is 0 Å². The number of rotatable bonds is 4. The number of nitrogens with zero attached hydrogens (tertiary/aromatic N) is 1. The summed E-state index contributed by atoms with van der Waals surface area (Å²) >= 11 is 3.04. The Kier molecular flexibility index (Phi) is 5.20. The maximum atomic E-state index is 9.75. The topological polar surface area (TPSA) is 58.9 Å². The van der Waals surface area contributed by atoms with Gasteiger partial charge in [0.25, 0.3) is 0 Å². The molecular weight excluding hydrogens is 190 g/mol. The van der Waals surface area contributed by atoms with Gasteiger partial charge >= 0.3 is 5.97 Å². The summed E-state index contributed by atoms with van der Waals surface area (Å²) in [6.07, 6.45) is 1.42. The van der Waals surface area contributed by atoms with E-state index in [1.807, 2.05) is 0 Å². The van der Waals surface area contributed by atoms with E-state index in [2.05, 4.69) is 25.9 Å². The summed E-state index contributed by atoms with van der Waals surface area (Å²) in [6, 6.07) is 0. The van der Waals surface area contributed by atoms with E-state index < -0.39 is 5.97 Å². The maximum Gasteiger partial charge on any atom is 0.344 e. The van der Waals surface area contributed by atoms with Crippen molar-refractivity contribution in [2.45, 2.75) is 0 Å². The fourth-order valence-corrected chi connectivity index (χ4v) is 0.292. The Morgan fingerprint density at radius 3 is 3.00 bits per heavy atom. The quantitative estimate of drug-likeness (QED) is 0.403. The van der Waals surface area contributed by atoms with Crippen LogP contribution in [-0.4, -0.2) is 29.2 Å². The van der Waals surface area contributed by atoms with E-state index in [9.17, 15) is 4.79 Å². The lowest BCUT2D eigenvalue weighted by molar-refractivity contribution is -0.142. The van der Waals surface area contributed by atoms with Crippen LogP contribution in [0.2, 0.25) is 0 Å². The number of hydrogen-bond acceptors (Lipinski definition) is 3. The van der Waals surface area contributed by atoms with Crippen LogP contribution in [0.5, 0.6) is 0 Å². The first kappa shape index (κ1) is 8.42. The second-order valence-corrected chi connectivity index (χ2v) is 1.76. The molecule has 0 aliphatic heterocycles. The highest BCUT2D eigenvalue weighted by molar-refractivity contribution is 9.09. The van der Waals surface area contributed by atoms with E-state index in [0.29, 0.717) is 5.33 Å². The summed E-state index contributed by atoms with van der Waals surface area (Å²) in [6.45, 7) is -0.385. The minimum absolute atomic E-state index is 0.385. The van der Waals surface area contributed by atoms with E-state index in [-0.39, 0.29) is 6.61 Å². The SMILES string of the molecule is O=C(O)CON=CCBr. The lowest BCUT2D eigenvalue weighted by atomic mass is 10.8. The van der Waals surface area contributed by atoms with Gasteiger partial charge < -0.3 is 9.94 Å². The van der Waals surface area contributed by atoms with Crippen LogP contribution < -0.4 is 0 Å². The first-order chi connectivity index (χ1) is 4.27. The van der Waals surface area contributed by atoms with E-state index in [4.69, 9.17) is 5.11 Å². The van der Waals surface area contributed by atoms with Gasteiger partial charge in [-0.2, -0.15) is 0 Å². The number of carboxylic acids is 1. The van der Waals surface area contributed by atoms with Crippen molar-refractivity contribution in [1.82, 2.24) is 0 Å². The Bertz CT molecular complexity index is 114. The fraction of sp³-hybridized carbons (Fsp3) is 0.500. The molecule has 52 valence electrons. The second-order valence-electron chi connectivity index (χ2n) is 1.11. The van der Waals surface area contributed by atoms with Gasteiger partial charge in [0.1, 0.15) is 0 Å². The van der Waals surface area contributed by atoms with Gasteiger partial charge in [0.2, 0.25) is 6.61 Å². The maximum absolute atomic E-state index is 9.75. The van der Waals surface area contributed by atoms with Crippen molar-refractivity contribution in [3.05, 3.63) is 0 Å². The van der Waals surface area contributed by atoms with Gasteiger partial charge in [0.15, 0.2) is 0 Å². The van der Waals surface area contributed by atoms with E-state index in [0.717, 1.165) is 0 Å². The lowest BCUT2D eigenvalue weighted by Gasteiger charge is -1.89. The molecule has 0 saturated heterocycles. The van der Waals surface area contributed by atoms with Crippen molar-refractivity contribution in [2.24, 2.45) is 5.16 Å². The van der Waals surface area contributed by atoms with Crippen molar-refractivity contribution >= 4 is 28.1 Å². The highest BCUT2D eigenvalue weighted by atomic mass is 79.9. The molecular formula is C4H6BrNO3. The van der Waals surface area contributed by atoms with Gasteiger partial charge in [-0.25, -0.2) is 4.79 Å². The molecule has 0 spiro atoms. The summed E-state index contributed by atoms with van der Waals surface area (Å²) in [4.78, 5) is 14.0. The molecule has 0 heterocycles. The number of carboxylic acid groups (broad SMARTS) is 1. The molecule has 9 heavy (non-hydrogen) atoms. The minimum Gasteiger partial charge on any atom is -0.479 e. The number of alkyl halides is 1. The molecule has 0 aromatic rings. The van der Waals surface area contributed by atoms with E-state index >= 15 is 0 Å². The summed E-state index contributed by atoms with van der Waals surface area (Å²) in [7, 11) is 0. The second kappa shape index (κ2) is 5.55. The monoisotopic (exact) mass is 195 g/mol. The van der Waals surface area contributed by atoms with Crippen LogP contribution in [0.3, 0.4) is 0 Å². The van der Waals surface area contributed by atoms with Crippen molar-refractivity contribution < 1.29 is 14.7 Å².